The molecule has 3 aromatic carbocycles. The van der Waals surface area contributed by atoms with E-state index in [2.05, 4.69) is 0 Å². The van der Waals surface area contributed by atoms with Crippen LogP contribution in [-0.2, 0) is 16.0 Å². The van der Waals surface area contributed by atoms with Crippen LogP contribution in [0.4, 0.5) is 18.9 Å². The maximum absolute atomic E-state index is 13.5. The van der Waals surface area contributed by atoms with Gasteiger partial charge in [0.2, 0.25) is 0 Å². The van der Waals surface area contributed by atoms with E-state index < -0.39 is 21.6 Å². The zero-order chi connectivity index (χ0) is 25.4. The highest BCUT2D eigenvalue weighted by Crippen LogP contribution is 2.31. The van der Waals surface area contributed by atoms with Gasteiger partial charge in [-0.15, -0.1) is 0 Å². The molecule has 0 atom stereocenters. The number of aryl methyl sites for hydroxylation is 1. The summed E-state index contributed by atoms with van der Waals surface area (Å²) >= 11 is 0. The Morgan fingerprint density at radius 3 is 2.11 bits per heavy atom. The molecule has 3 aromatic rings. The van der Waals surface area contributed by atoms with Crippen LogP contribution >= 0.6 is 0 Å². The van der Waals surface area contributed by atoms with Crippen molar-refractivity contribution in [1.82, 2.24) is 4.90 Å². The quantitative estimate of drug-likeness (QED) is 0.501. The molecule has 35 heavy (non-hydrogen) atoms. The summed E-state index contributed by atoms with van der Waals surface area (Å²) in [5.41, 5.74) is 2.74. The average Bonchev–Trinajstić information content (AvgIpc) is 2.82. The molecule has 0 saturated carbocycles. The van der Waals surface area contributed by atoms with Crippen LogP contribution in [0.25, 0.3) is 11.1 Å². The standard InChI is InChI=1S/C26H25F3N2O3S/c1-18-4-3-5-19(16-18)23-11-10-22(35(2,33)34)17-24(23)25(32)31-14-12-30(13-15-31)21-8-6-20(7-9-21)26(27,28)29/h3-11,16-17H,12-15H2,1-2H3. The van der Waals surface area contributed by atoms with E-state index in [-0.39, 0.29) is 10.8 Å². The molecule has 184 valence electrons. The lowest BCUT2D eigenvalue weighted by Gasteiger charge is -2.36. The second kappa shape index (κ2) is 9.37. The Morgan fingerprint density at radius 2 is 1.54 bits per heavy atom. The van der Waals surface area contributed by atoms with Gasteiger partial charge >= 0.3 is 6.18 Å². The average molecular weight is 503 g/mol. The first-order chi connectivity index (χ1) is 16.4. The van der Waals surface area contributed by atoms with Crippen LogP contribution in [0, 0.1) is 6.92 Å². The summed E-state index contributed by atoms with van der Waals surface area (Å²) in [5.74, 6) is -0.279. The Bertz CT molecular complexity index is 1350. The Hall–Kier alpha value is -3.33. The van der Waals surface area contributed by atoms with Crippen LogP contribution < -0.4 is 4.90 Å². The maximum atomic E-state index is 13.5. The smallest absolute Gasteiger partial charge is 0.368 e. The summed E-state index contributed by atoms with van der Waals surface area (Å²) < 4.78 is 62.9. The molecule has 1 aliphatic rings. The van der Waals surface area contributed by atoms with Crippen molar-refractivity contribution in [2.75, 3.05) is 37.3 Å². The predicted octanol–water partition coefficient (Wildman–Crippen LogP) is 5.05. The van der Waals surface area contributed by atoms with Crippen molar-refractivity contribution in [3.63, 3.8) is 0 Å². The first-order valence-corrected chi connectivity index (χ1v) is 13.0. The van der Waals surface area contributed by atoms with Crippen molar-refractivity contribution in [1.29, 1.82) is 0 Å². The summed E-state index contributed by atoms with van der Waals surface area (Å²) in [5, 5.41) is 0. The topological polar surface area (TPSA) is 57.7 Å². The lowest BCUT2D eigenvalue weighted by atomic mass is 9.97. The van der Waals surface area contributed by atoms with Gasteiger partial charge in [0, 0.05) is 43.7 Å². The number of sulfone groups is 1. The summed E-state index contributed by atoms with van der Waals surface area (Å²) in [6.45, 7) is 3.55. The summed E-state index contributed by atoms with van der Waals surface area (Å²) in [6, 6.07) is 17.2. The SMILES string of the molecule is Cc1cccc(-c2ccc(S(C)(=O)=O)cc2C(=O)N2CCN(c3ccc(C(F)(F)F)cc3)CC2)c1. The third-order valence-corrected chi connectivity index (χ3v) is 7.22. The molecule has 0 N–H and O–H groups in total. The number of alkyl halides is 3. The minimum absolute atomic E-state index is 0.0700. The molecular formula is C26H25F3N2O3S. The fourth-order valence-electron chi connectivity index (χ4n) is 4.19. The largest absolute Gasteiger partial charge is 0.416 e. The molecule has 0 unspecified atom stereocenters. The van der Waals surface area contributed by atoms with E-state index in [0.717, 1.165) is 29.5 Å². The van der Waals surface area contributed by atoms with Gasteiger partial charge in [0.25, 0.3) is 5.91 Å². The van der Waals surface area contributed by atoms with Crippen molar-refractivity contribution in [3.8, 4) is 11.1 Å². The monoisotopic (exact) mass is 502 g/mol. The Balaban J connectivity index is 1.57. The van der Waals surface area contributed by atoms with E-state index in [9.17, 15) is 26.4 Å². The molecule has 1 amide bonds. The second-order valence-corrected chi connectivity index (χ2v) is 10.7. The first kappa shape index (κ1) is 24.8. The number of hydrogen-bond acceptors (Lipinski definition) is 4. The van der Waals surface area contributed by atoms with Gasteiger partial charge in [0.1, 0.15) is 0 Å². The number of amides is 1. The van der Waals surface area contributed by atoms with E-state index in [4.69, 9.17) is 0 Å². The predicted molar refractivity (Wildman–Crippen MR) is 129 cm³/mol. The maximum Gasteiger partial charge on any atom is 0.416 e. The molecule has 0 aliphatic carbocycles. The van der Waals surface area contributed by atoms with Crippen molar-refractivity contribution in [2.45, 2.75) is 18.0 Å². The lowest BCUT2D eigenvalue weighted by Crippen LogP contribution is -2.49. The third kappa shape index (κ3) is 5.51. The number of benzene rings is 3. The highest BCUT2D eigenvalue weighted by atomic mass is 32.2. The van der Waals surface area contributed by atoms with Crippen molar-refractivity contribution in [2.24, 2.45) is 0 Å². The lowest BCUT2D eigenvalue weighted by molar-refractivity contribution is -0.137. The van der Waals surface area contributed by atoms with Gasteiger partial charge in [0.15, 0.2) is 9.84 Å². The van der Waals surface area contributed by atoms with Gasteiger partial charge in [-0.1, -0.05) is 35.9 Å². The van der Waals surface area contributed by atoms with E-state index in [1.54, 1.807) is 11.0 Å². The van der Waals surface area contributed by atoms with Crippen LogP contribution in [0.1, 0.15) is 21.5 Å². The van der Waals surface area contributed by atoms with Gasteiger partial charge in [-0.25, -0.2) is 8.42 Å². The van der Waals surface area contributed by atoms with Crippen molar-refractivity contribution >= 4 is 21.4 Å². The van der Waals surface area contributed by atoms with E-state index >= 15 is 0 Å². The number of hydrogen-bond donors (Lipinski definition) is 0. The molecule has 0 bridgehead atoms. The molecule has 1 saturated heterocycles. The molecule has 1 heterocycles. The van der Waals surface area contributed by atoms with Crippen LogP contribution in [0.2, 0.25) is 0 Å². The zero-order valence-electron chi connectivity index (χ0n) is 19.3. The van der Waals surface area contributed by atoms with E-state index in [0.29, 0.717) is 43.0 Å². The van der Waals surface area contributed by atoms with Crippen LogP contribution in [0.15, 0.2) is 71.6 Å². The minimum atomic E-state index is -4.39. The third-order valence-electron chi connectivity index (χ3n) is 6.11. The van der Waals surface area contributed by atoms with Crippen LogP contribution in [0.5, 0.6) is 0 Å². The number of rotatable bonds is 4. The molecule has 4 rings (SSSR count). The number of carbonyl (C=O) groups excluding carboxylic acids is 1. The van der Waals surface area contributed by atoms with Crippen molar-refractivity contribution < 1.29 is 26.4 Å². The van der Waals surface area contributed by atoms with E-state index in [1.807, 2.05) is 36.1 Å². The van der Waals surface area contributed by atoms with Gasteiger partial charge in [-0.05, 0) is 54.4 Å². The number of nitrogens with zero attached hydrogens (tertiary/aromatic N) is 2. The summed E-state index contributed by atoms with van der Waals surface area (Å²) in [6.07, 6.45) is -3.29. The fourth-order valence-corrected chi connectivity index (χ4v) is 4.84. The van der Waals surface area contributed by atoms with Crippen LogP contribution in [-0.4, -0.2) is 51.7 Å². The van der Waals surface area contributed by atoms with Gasteiger partial charge in [-0.3, -0.25) is 4.79 Å². The molecular weight excluding hydrogens is 477 g/mol. The Kier molecular flexibility index (Phi) is 6.64. The van der Waals surface area contributed by atoms with Crippen molar-refractivity contribution in [3.05, 3.63) is 83.4 Å². The second-order valence-electron chi connectivity index (χ2n) is 8.67. The number of piperazine rings is 1. The first-order valence-electron chi connectivity index (χ1n) is 11.1. The molecule has 0 aromatic heterocycles. The molecule has 0 radical (unpaired) electrons. The summed E-state index contributed by atoms with van der Waals surface area (Å²) in [7, 11) is -3.51. The number of anilines is 1. The van der Waals surface area contributed by atoms with Gasteiger partial charge in [-0.2, -0.15) is 13.2 Å². The highest BCUT2D eigenvalue weighted by Gasteiger charge is 2.31. The fraction of sp³-hybridized carbons (Fsp3) is 0.269. The molecule has 1 fully saturated rings. The summed E-state index contributed by atoms with van der Waals surface area (Å²) in [4.78, 5) is 17.2. The van der Waals surface area contributed by atoms with Gasteiger partial charge < -0.3 is 9.80 Å². The normalized spacial score (nSPS) is 14.8. The number of carbonyl (C=O) groups is 1. The molecule has 1 aliphatic heterocycles. The Labute approximate surface area is 202 Å². The molecule has 0 spiro atoms. The van der Waals surface area contributed by atoms with Gasteiger partial charge in [0.05, 0.1) is 10.5 Å². The van der Waals surface area contributed by atoms with E-state index in [1.165, 1.54) is 24.3 Å². The zero-order valence-corrected chi connectivity index (χ0v) is 20.2. The number of halogens is 3. The highest BCUT2D eigenvalue weighted by molar-refractivity contribution is 7.90. The molecule has 5 nitrogen and oxygen atoms in total. The van der Waals surface area contributed by atoms with Crippen LogP contribution in [0.3, 0.4) is 0 Å². The molecule has 9 heteroatoms. The Morgan fingerprint density at radius 1 is 0.886 bits per heavy atom. The minimum Gasteiger partial charge on any atom is -0.368 e.